The minimum atomic E-state index is -1.99. The van der Waals surface area contributed by atoms with E-state index in [1.54, 1.807) is 14.2 Å². The molecule has 0 N–H and O–H groups in total. The van der Waals surface area contributed by atoms with Crippen LogP contribution in [0, 0.1) is 0 Å². The molecule has 134 valence electrons. The first-order chi connectivity index (χ1) is 11.7. The number of benzene rings is 1. The Labute approximate surface area is 151 Å². The lowest BCUT2D eigenvalue weighted by molar-refractivity contribution is 0.312. The van der Waals surface area contributed by atoms with Crippen molar-refractivity contribution in [1.29, 1.82) is 0 Å². The van der Waals surface area contributed by atoms with Crippen LogP contribution in [0.4, 0.5) is 0 Å². The van der Waals surface area contributed by atoms with Gasteiger partial charge in [-0.15, -0.1) is 0 Å². The van der Waals surface area contributed by atoms with Gasteiger partial charge in [-0.1, -0.05) is 24.6 Å². The lowest BCUT2D eigenvalue weighted by atomic mass is 10.2. The summed E-state index contributed by atoms with van der Waals surface area (Å²) in [5.41, 5.74) is 0. The molecule has 2 heterocycles. The predicted octanol–water partition coefficient (Wildman–Crippen LogP) is 3.61. The molecule has 4 nitrogen and oxygen atoms in total. The van der Waals surface area contributed by atoms with Crippen LogP contribution in [0.1, 0.15) is 38.5 Å². The SMILES string of the molecule is COc1ccc(P(=S)(N2CCCCC2)N2CCCCC2)c(OC)c1. The second-order valence-electron chi connectivity index (χ2n) is 6.61. The lowest BCUT2D eigenvalue weighted by Crippen LogP contribution is -2.41. The van der Waals surface area contributed by atoms with E-state index in [0.29, 0.717) is 0 Å². The molecule has 0 aliphatic carbocycles. The molecular weight excluding hydrogens is 339 g/mol. The summed E-state index contributed by atoms with van der Waals surface area (Å²) in [6, 6.07) is 6.18. The summed E-state index contributed by atoms with van der Waals surface area (Å²) < 4.78 is 16.3. The molecule has 6 heteroatoms. The summed E-state index contributed by atoms with van der Waals surface area (Å²) in [4.78, 5) is 0. The van der Waals surface area contributed by atoms with Crippen LogP contribution in [0.3, 0.4) is 0 Å². The average Bonchev–Trinajstić information content (AvgIpc) is 2.68. The van der Waals surface area contributed by atoms with Crippen molar-refractivity contribution < 1.29 is 9.47 Å². The Morgan fingerprint density at radius 2 is 1.38 bits per heavy atom. The molecule has 0 bridgehead atoms. The van der Waals surface area contributed by atoms with Gasteiger partial charge in [-0.05, 0) is 37.8 Å². The largest absolute Gasteiger partial charge is 0.497 e. The van der Waals surface area contributed by atoms with E-state index in [1.165, 1.54) is 43.8 Å². The van der Waals surface area contributed by atoms with Crippen LogP contribution < -0.4 is 14.8 Å². The minimum absolute atomic E-state index is 0.828. The summed E-state index contributed by atoms with van der Waals surface area (Å²) in [5.74, 6) is 1.71. The van der Waals surface area contributed by atoms with E-state index in [-0.39, 0.29) is 0 Å². The summed E-state index contributed by atoms with van der Waals surface area (Å²) in [6.45, 7) is 4.46. The third kappa shape index (κ3) is 3.50. The Hall–Kier alpha value is -0.610. The van der Waals surface area contributed by atoms with Gasteiger partial charge < -0.3 is 9.47 Å². The number of methoxy groups -OCH3 is 2. The summed E-state index contributed by atoms with van der Waals surface area (Å²) >= 11 is 6.48. The van der Waals surface area contributed by atoms with Crippen molar-refractivity contribution in [3.05, 3.63) is 18.2 Å². The highest BCUT2D eigenvalue weighted by atomic mass is 32.4. The van der Waals surface area contributed by atoms with Crippen LogP contribution in [0.15, 0.2) is 18.2 Å². The Morgan fingerprint density at radius 3 is 1.83 bits per heavy atom. The van der Waals surface area contributed by atoms with Gasteiger partial charge in [0.15, 0.2) is 0 Å². The van der Waals surface area contributed by atoms with Crippen LogP contribution in [0.5, 0.6) is 11.5 Å². The van der Waals surface area contributed by atoms with E-state index in [9.17, 15) is 0 Å². The summed E-state index contributed by atoms with van der Waals surface area (Å²) in [7, 11) is 3.43. The Balaban J connectivity index is 2.05. The molecule has 0 spiro atoms. The van der Waals surface area contributed by atoms with E-state index >= 15 is 0 Å². The molecule has 1 aromatic carbocycles. The maximum Gasteiger partial charge on any atom is 0.133 e. The Morgan fingerprint density at radius 1 is 0.833 bits per heavy atom. The molecule has 0 saturated carbocycles. The van der Waals surface area contributed by atoms with Crippen molar-refractivity contribution in [2.45, 2.75) is 38.5 Å². The second-order valence-corrected chi connectivity index (χ2v) is 10.8. The average molecular weight is 368 g/mol. The highest BCUT2D eigenvalue weighted by molar-refractivity contribution is 8.16. The van der Waals surface area contributed by atoms with Crippen molar-refractivity contribution in [1.82, 2.24) is 9.34 Å². The smallest absolute Gasteiger partial charge is 0.133 e. The molecule has 2 aliphatic heterocycles. The third-order valence-electron chi connectivity index (χ3n) is 5.13. The van der Waals surface area contributed by atoms with E-state index in [2.05, 4.69) is 15.4 Å². The maximum absolute atomic E-state index is 6.48. The van der Waals surface area contributed by atoms with Gasteiger partial charge in [0.2, 0.25) is 0 Å². The molecule has 2 aliphatic rings. The number of piperidine rings is 2. The zero-order chi connectivity index (χ0) is 17.0. The number of ether oxygens (including phenoxy) is 2. The van der Waals surface area contributed by atoms with Gasteiger partial charge in [0.05, 0.1) is 19.5 Å². The van der Waals surface area contributed by atoms with Gasteiger partial charge in [0, 0.05) is 32.2 Å². The highest BCUT2D eigenvalue weighted by Crippen LogP contribution is 2.56. The van der Waals surface area contributed by atoms with E-state index < -0.39 is 6.34 Å². The third-order valence-corrected chi connectivity index (χ3v) is 10.4. The minimum Gasteiger partial charge on any atom is -0.497 e. The molecule has 0 radical (unpaired) electrons. The van der Waals surface area contributed by atoms with Crippen molar-refractivity contribution >= 4 is 23.5 Å². The van der Waals surface area contributed by atoms with Crippen LogP contribution >= 0.6 is 6.34 Å². The molecule has 0 unspecified atom stereocenters. The fraction of sp³-hybridized carbons (Fsp3) is 0.667. The van der Waals surface area contributed by atoms with Gasteiger partial charge >= 0.3 is 0 Å². The molecule has 2 fully saturated rings. The molecule has 1 aromatic rings. The van der Waals surface area contributed by atoms with Gasteiger partial charge in [-0.25, -0.2) is 0 Å². The van der Waals surface area contributed by atoms with E-state index in [0.717, 1.165) is 37.7 Å². The van der Waals surface area contributed by atoms with Crippen molar-refractivity contribution in [2.24, 2.45) is 0 Å². The molecule has 3 rings (SSSR count). The second kappa shape index (κ2) is 8.18. The molecular formula is C18H29N2O2PS. The zero-order valence-electron chi connectivity index (χ0n) is 14.9. The quantitative estimate of drug-likeness (QED) is 0.740. The number of hydrogen-bond donors (Lipinski definition) is 0. The van der Waals surface area contributed by atoms with E-state index in [4.69, 9.17) is 21.3 Å². The standard InChI is InChI=1S/C18H29N2O2PS/c1-21-16-9-10-18(17(15-16)22-2)23(24,19-11-5-3-6-12-19)20-13-7-4-8-14-20/h9-10,15H,3-8,11-14H2,1-2H3. The van der Waals surface area contributed by atoms with E-state index in [1.807, 2.05) is 12.1 Å². The van der Waals surface area contributed by atoms with Crippen molar-refractivity contribution in [3.8, 4) is 11.5 Å². The van der Waals surface area contributed by atoms with Crippen LogP contribution in [0.2, 0.25) is 0 Å². The van der Waals surface area contributed by atoms with Crippen LogP contribution in [0.25, 0.3) is 0 Å². The molecule has 0 aromatic heterocycles. The Bertz CT molecular complexity index is 577. The summed E-state index contributed by atoms with van der Waals surface area (Å²) in [5, 5.41) is 1.20. The van der Waals surface area contributed by atoms with Gasteiger partial charge in [-0.3, -0.25) is 9.34 Å². The molecule has 2 saturated heterocycles. The Kier molecular flexibility index (Phi) is 6.20. The molecule has 0 amide bonds. The summed E-state index contributed by atoms with van der Waals surface area (Å²) in [6.07, 6.45) is 5.68. The topological polar surface area (TPSA) is 24.9 Å². The fourth-order valence-corrected chi connectivity index (χ4v) is 8.57. The number of hydrogen-bond acceptors (Lipinski definition) is 3. The first-order valence-corrected chi connectivity index (χ1v) is 11.7. The van der Waals surface area contributed by atoms with Gasteiger partial charge in [0.1, 0.15) is 17.8 Å². The van der Waals surface area contributed by atoms with Crippen molar-refractivity contribution in [2.75, 3.05) is 40.4 Å². The zero-order valence-corrected chi connectivity index (χ0v) is 16.6. The predicted molar refractivity (Wildman–Crippen MR) is 104 cm³/mol. The van der Waals surface area contributed by atoms with Crippen LogP contribution in [-0.2, 0) is 11.8 Å². The van der Waals surface area contributed by atoms with Crippen LogP contribution in [-0.4, -0.2) is 49.7 Å². The highest BCUT2D eigenvalue weighted by Gasteiger charge is 2.37. The molecule has 0 atom stereocenters. The normalized spacial score (nSPS) is 20.8. The first-order valence-electron chi connectivity index (χ1n) is 9.03. The molecule has 24 heavy (non-hydrogen) atoms. The van der Waals surface area contributed by atoms with Gasteiger partial charge in [-0.2, -0.15) is 0 Å². The van der Waals surface area contributed by atoms with Crippen molar-refractivity contribution in [3.63, 3.8) is 0 Å². The number of rotatable bonds is 5. The maximum atomic E-state index is 6.48. The lowest BCUT2D eigenvalue weighted by Gasteiger charge is -2.46. The fourth-order valence-electron chi connectivity index (χ4n) is 3.81. The number of nitrogens with zero attached hydrogens (tertiary/aromatic N) is 2. The first kappa shape index (κ1) is 18.2. The van der Waals surface area contributed by atoms with Gasteiger partial charge in [0.25, 0.3) is 0 Å². The monoisotopic (exact) mass is 368 g/mol.